The zero-order chi connectivity index (χ0) is 14.3. The molecule has 0 aliphatic carbocycles. The highest BCUT2D eigenvalue weighted by atomic mass is 15.2. The van der Waals surface area contributed by atoms with E-state index in [1.54, 1.807) is 0 Å². The summed E-state index contributed by atoms with van der Waals surface area (Å²) in [6.07, 6.45) is 5.15. The van der Waals surface area contributed by atoms with Gasteiger partial charge < -0.3 is 15.1 Å². The molecule has 0 spiro atoms. The molecule has 1 saturated heterocycles. The second-order valence-electron chi connectivity index (χ2n) is 6.81. The van der Waals surface area contributed by atoms with Gasteiger partial charge in [-0.3, -0.25) is 0 Å². The Labute approximate surface area is 120 Å². The average molecular weight is 269 g/mol. The van der Waals surface area contributed by atoms with Gasteiger partial charge in [-0.15, -0.1) is 0 Å². The molecule has 1 aliphatic rings. The Balaban J connectivity index is 2.35. The van der Waals surface area contributed by atoms with Crippen molar-refractivity contribution < 1.29 is 0 Å². The molecule has 3 nitrogen and oxygen atoms in total. The molecule has 1 N–H and O–H groups in total. The molecule has 0 aromatic rings. The van der Waals surface area contributed by atoms with Crippen molar-refractivity contribution in [2.24, 2.45) is 5.41 Å². The van der Waals surface area contributed by atoms with Crippen LogP contribution in [-0.4, -0.2) is 62.7 Å². The van der Waals surface area contributed by atoms with Gasteiger partial charge >= 0.3 is 0 Å². The van der Waals surface area contributed by atoms with Crippen LogP contribution in [0.3, 0.4) is 0 Å². The van der Waals surface area contributed by atoms with E-state index >= 15 is 0 Å². The van der Waals surface area contributed by atoms with E-state index in [1.807, 2.05) is 0 Å². The summed E-state index contributed by atoms with van der Waals surface area (Å²) >= 11 is 0. The summed E-state index contributed by atoms with van der Waals surface area (Å²) in [5.41, 5.74) is 0.431. The Morgan fingerprint density at radius 1 is 1.21 bits per heavy atom. The first-order chi connectivity index (χ1) is 9.00. The lowest BCUT2D eigenvalue weighted by Crippen LogP contribution is -2.47. The molecule has 1 unspecified atom stereocenters. The van der Waals surface area contributed by atoms with Crippen LogP contribution in [0.1, 0.15) is 46.5 Å². The maximum Gasteiger partial charge on any atom is 0.0113 e. The van der Waals surface area contributed by atoms with Gasteiger partial charge in [0.15, 0.2) is 0 Å². The molecule has 3 heteroatoms. The molecule has 1 rings (SSSR count). The van der Waals surface area contributed by atoms with Crippen LogP contribution in [0.5, 0.6) is 0 Å². The highest BCUT2D eigenvalue weighted by molar-refractivity contribution is 4.84. The third kappa shape index (κ3) is 5.80. The first-order valence-corrected chi connectivity index (χ1v) is 8.10. The Morgan fingerprint density at radius 2 is 1.84 bits per heavy atom. The van der Waals surface area contributed by atoms with E-state index < -0.39 is 0 Å². The molecular formula is C16H35N3. The van der Waals surface area contributed by atoms with E-state index in [2.05, 4.69) is 50.0 Å². The third-order valence-electron chi connectivity index (χ3n) is 4.72. The van der Waals surface area contributed by atoms with E-state index in [-0.39, 0.29) is 0 Å². The number of hydrogen-bond acceptors (Lipinski definition) is 3. The van der Waals surface area contributed by atoms with Crippen LogP contribution in [-0.2, 0) is 0 Å². The Morgan fingerprint density at radius 3 is 2.32 bits per heavy atom. The molecule has 19 heavy (non-hydrogen) atoms. The highest BCUT2D eigenvalue weighted by Gasteiger charge is 2.28. The quantitative estimate of drug-likeness (QED) is 0.683. The molecule has 0 bridgehead atoms. The Kier molecular flexibility index (Phi) is 7.33. The largest absolute Gasteiger partial charge is 0.316 e. The van der Waals surface area contributed by atoms with E-state index in [0.29, 0.717) is 5.41 Å². The van der Waals surface area contributed by atoms with E-state index in [1.165, 1.54) is 45.3 Å². The second-order valence-corrected chi connectivity index (χ2v) is 6.81. The minimum Gasteiger partial charge on any atom is -0.316 e. The molecule has 1 aliphatic heterocycles. The maximum absolute atomic E-state index is 3.61. The fourth-order valence-corrected chi connectivity index (χ4v) is 2.99. The molecule has 1 atom stereocenters. The van der Waals surface area contributed by atoms with Crippen molar-refractivity contribution in [2.45, 2.75) is 52.5 Å². The van der Waals surface area contributed by atoms with Crippen molar-refractivity contribution in [3.05, 3.63) is 0 Å². The van der Waals surface area contributed by atoms with Gasteiger partial charge in [-0.2, -0.15) is 0 Å². The lowest BCUT2D eigenvalue weighted by atomic mass is 9.86. The molecule has 0 aromatic carbocycles. The van der Waals surface area contributed by atoms with Gasteiger partial charge in [0.1, 0.15) is 0 Å². The summed E-state index contributed by atoms with van der Waals surface area (Å²) in [5.74, 6) is 0. The van der Waals surface area contributed by atoms with Crippen LogP contribution in [0.2, 0.25) is 0 Å². The van der Waals surface area contributed by atoms with Crippen LogP contribution in [0.25, 0.3) is 0 Å². The highest BCUT2D eigenvalue weighted by Crippen LogP contribution is 2.24. The molecule has 0 aromatic heterocycles. The SMILES string of the molecule is CCCNCC(C)(CC)CN1CCC(N(C)C)CC1. The molecular weight excluding hydrogens is 234 g/mol. The van der Waals surface area contributed by atoms with Gasteiger partial charge in [-0.05, 0) is 64.8 Å². The summed E-state index contributed by atoms with van der Waals surface area (Å²) in [4.78, 5) is 5.07. The number of rotatable bonds is 8. The predicted molar refractivity (Wildman–Crippen MR) is 84.7 cm³/mol. The maximum atomic E-state index is 3.61. The third-order valence-corrected chi connectivity index (χ3v) is 4.72. The van der Waals surface area contributed by atoms with Gasteiger partial charge in [0.2, 0.25) is 0 Å². The molecule has 1 heterocycles. The molecule has 1 fully saturated rings. The van der Waals surface area contributed by atoms with Crippen molar-refractivity contribution in [3.8, 4) is 0 Å². The van der Waals surface area contributed by atoms with Gasteiger partial charge in [0.05, 0.1) is 0 Å². The van der Waals surface area contributed by atoms with Crippen molar-refractivity contribution in [3.63, 3.8) is 0 Å². The van der Waals surface area contributed by atoms with Gasteiger partial charge in [0, 0.05) is 19.1 Å². The number of piperidine rings is 1. The average Bonchev–Trinajstić information content (AvgIpc) is 2.39. The van der Waals surface area contributed by atoms with Crippen LogP contribution in [0.4, 0.5) is 0 Å². The molecule has 0 radical (unpaired) electrons. The molecule has 0 amide bonds. The van der Waals surface area contributed by atoms with Crippen molar-refractivity contribution in [2.75, 3.05) is 46.8 Å². The summed E-state index contributed by atoms with van der Waals surface area (Å²) in [6, 6.07) is 0.794. The Bertz CT molecular complexity index is 234. The lowest BCUT2D eigenvalue weighted by molar-refractivity contribution is 0.0981. The smallest absolute Gasteiger partial charge is 0.0113 e. The zero-order valence-corrected chi connectivity index (χ0v) is 13.8. The number of nitrogens with one attached hydrogen (secondary N) is 1. The summed E-state index contributed by atoms with van der Waals surface area (Å²) in [5, 5.41) is 3.61. The summed E-state index contributed by atoms with van der Waals surface area (Å²) < 4.78 is 0. The minimum atomic E-state index is 0.431. The van der Waals surface area contributed by atoms with Crippen molar-refractivity contribution in [1.29, 1.82) is 0 Å². The van der Waals surface area contributed by atoms with Crippen LogP contribution in [0.15, 0.2) is 0 Å². The fourth-order valence-electron chi connectivity index (χ4n) is 2.99. The Hall–Kier alpha value is -0.120. The monoisotopic (exact) mass is 269 g/mol. The normalized spacial score (nSPS) is 21.8. The minimum absolute atomic E-state index is 0.431. The predicted octanol–water partition coefficient (Wildman–Crippen LogP) is 2.43. The van der Waals surface area contributed by atoms with Crippen LogP contribution >= 0.6 is 0 Å². The van der Waals surface area contributed by atoms with E-state index in [4.69, 9.17) is 0 Å². The molecule has 0 saturated carbocycles. The number of hydrogen-bond donors (Lipinski definition) is 1. The first kappa shape index (κ1) is 16.9. The zero-order valence-electron chi connectivity index (χ0n) is 13.8. The van der Waals surface area contributed by atoms with Crippen molar-refractivity contribution in [1.82, 2.24) is 15.1 Å². The first-order valence-electron chi connectivity index (χ1n) is 8.10. The summed E-state index contributed by atoms with van der Waals surface area (Å²) in [7, 11) is 4.43. The van der Waals surface area contributed by atoms with E-state index in [9.17, 15) is 0 Å². The molecule has 114 valence electrons. The van der Waals surface area contributed by atoms with Gasteiger partial charge in [0.25, 0.3) is 0 Å². The van der Waals surface area contributed by atoms with Crippen LogP contribution in [0, 0.1) is 5.41 Å². The topological polar surface area (TPSA) is 18.5 Å². The second kappa shape index (κ2) is 8.23. The lowest BCUT2D eigenvalue weighted by Gasteiger charge is -2.40. The van der Waals surface area contributed by atoms with E-state index in [0.717, 1.165) is 19.1 Å². The van der Waals surface area contributed by atoms with Crippen molar-refractivity contribution >= 4 is 0 Å². The number of likely N-dealkylation sites (tertiary alicyclic amines) is 1. The summed E-state index contributed by atoms with van der Waals surface area (Å²) in [6.45, 7) is 13.1. The van der Waals surface area contributed by atoms with Gasteiger partial charge in [-0.1, -0.05) is 20.8 Å². The number of nitrogens with zero attached hydrogens (tertiary/aromatic N) is 2. The van der Waals surface area contributed by atoms with Crippen LogP contribution < -0.4 is 5.32 Å². The standard InChI is InChI=1S/C16H35N3/c1-6-10-17-13-16(3,7-2)14-19-11-8-15(9-12-19)18(4)5/h15,17H,6-14H2,1-5H3. The fraction of sp³-hybridized carbons (Fsp3) is 1.00. The van der Waals surface area contributed by atoms with Gasteiger partial charge in [-0.25, -0.2) is 0 Å².